The van der Waals surface area contributed by atoms with Crippen LogP contribution in [0.2, 0.25) is 0 Å². The summed E-state index contributed by atoms with van der Waals surface area (Å²) in [6.07, 6.45) is 18.4. The molecule has 1 aliphatic carbocycles. The Labute approximate surface area is 270 Å². The first kappa shape index (κ1) is 35.5. The van der Waals surface area contributed by atoms with Gasteiger partial charge in [0.25, 0.3) is 6.47 Å². The quantitative estimate of drug-likeness (QED) is 0.256. The number of ether oxygens (including phenoxy) is 1. The number of pyridine rings is 1. The first-order valence-corrected chi connectivity index (χ1v) is 16.8. The van der Waals surface area contributed by atoms with E-state index in [1.807, 2.05) is 26.2 Å². The molecule has 0 amide bonds. The van der Waals surface area contributed by atoms with E-state index in [1.165, 1.54) is 74.7 Å². The number of aromatic nitrogens is 3. The zero-order valence-electron chi connectivity index (χ0n) is 27.7. The van der Waals surface area contributed by atoms with E-state index in [0.29, 0.717) is 24.4 Å². The van der Waals surface area contributed by atoms with Crippen LogP contribution >= 0.6 is 11.6 Å². The molecule has 44 heavy (non-hydrogen) atoms. The average Bonchev–Trinajstić information content (AvgIpc) is 3.44. The lowest BCUT2D eigenvalue weighted by Gasteiger charge is -2.42. The van der Waals surface area contributed by atoms with Gasteiger partial charge in [-0.1, -0.05) is 39.0 Å². The number of rotatable bonds is 8. The van der Waals surface area contributed by atoms with Crippen molar-refractivity contribution in [3.8, 4) is 11.4 Å². The molecule has 242 valence electrons. The number of aromatic amines is 1. The lowest BCUT2D eigenvalue weighted by Crippen LogP contribution is -2.51. The molecule has 0 spiro atoms. The minimum atomic E-state index is 0.375. The molecule has 0 aromatic carbocycles. The van der Waals surface area contributed by atoms with Gasteiger partial charge in [0.15, 0.2) is 0 Å². The zero-order valence-corrected chi connectivity index (χ0v) is 28.4. The van der Waals surface area contributed by atoms with Gasteiger partial charge in [-0.15, -0.1) is 11.6 Å². The third kappa shape index (κ3) is 9.78. The first-order chi connectivity index (χ1) is 21.5. The number of piperidine rings is 1. The maximum atomic E-state index is 8.95. The second kappa shape index (κ2) is 18.8. The molecule has 0 radical (unpaired) electrons. The van der Waals surface area contributed by atoms with Gasteiger partial charge in [-0.2, -0.15) is 0 Å². The Balaban J connectivity index is 0.000000816. The second-order valence-corrected chi connectivity index (χ2v) is 11.7. The van der Waals surface area contributed by atoms with Crippen LogP contribution in [0.3, 0.4) is 0 Å². The summed E-state index contributed by atoms with van der Waals surface area (Å²) in [6, 6.07) is 3.46. The Morgan fingerprint density at radius 1 is 1.11 bits per heavy atom. The fourth-order valence-corrected chi connectivity index (χ4v) is 6.63. The van der Waals surface area contributed by atoms with Crippen molar-refractivity contribution >= 4 is 23.9 Å². The highest BCUT2D eigenvalue weighted by molar-refractivity contribution is 6.19. The van der Waals surface area contributed by atoms with Crippen LogP contribution in [0.4, 0.5) is 5.82 Å². The molecule has 0 bridgehead atoms. The van der Waals surface area contributed by atoms with Crippen molar-refractivity contribution in [1.29, 1.82) is 0 Å². The molecular weight excluding hydrogens is 572 g/mol. The van der Waals surface area contributed by atoms with Crippen molar-refractivity contribution in [2.24, 2.45) is 0 Å². The van der Waals surface area contributed by atoms with E-state index < -0.39 is 0 Å². The number of imidazole rings is 1. The molecule has 2 fully saturated rings. The largest absolute Gasteiger partial charge is 0.471 e. The molecule has 2 aromatic heterocycles. The number of alkyl halides is 1. The number of carbonyl (C=O) groups excluding carboxylic acids is 1. The number of nitrogens with zero attached hydrogens (tertiary/aromatic N) is 5. The maximum absolute atomic E-state index is 8.95. The third-order valence-corrected chi connectivity index (χ3v) is 8.97. The van der Waals surface area contributed by atoms with Gasteiger partial charge in [-0.25, -0.2) is 9.97 Å². The minimum Gasteiger partial charge on any atom is -0.471 e. The summed E-state index contributed by atoms with van der Waals surface area (Å²) in [5, 5.41) is 0. The molecule has 4 heterocycles. The predicted molar refractivity (Wildman–Crippen MR) is 183 cm³/mol. The van der Waals surface area contributed by atoms with Crippen LogP contribution in [-0.4, -0.2) is 95.6 Å². The van der Waals surface area contributed by atoms with E-state index in [-0.39, 0.29) is 0 Å². The fraction of sp³-hybridized carbons (Fsp3) is 0.571. The minimum absolute atomic E-state index is 0.375. The summed E-state index contributed by atoms with van der Waals surface area (Å²) < 4.78 is 3.86. The number of hydrogen-bond donors (Lipinski definition) is 1. The Hall–Kier alpha value is -2.94. The van der Waals surface area contributed by atoms with Crippen molar-refractivity contribution in [2.75, 3.05) is 57.2 Å². The summed E-state index contributed by atoms with van der Waals surface area (Å²) >= 11 is 6.10. The van der Waals surface area contributed by atoms with E-state index in [4.69, 9.17) is 21.4 Å². The molecule has 5 rings (SSSR count). The van der Waals surface area contributed by atoms with Gasteiger partial charge in [0.2, 0.25) is 0 Å². The summed E-state index contributed by atoms with van der Waals surface area (Å²) in [5.41, 5.74) is 6.36. The van der Waals surface area contributed by atoms with Gasteiger partial charge >= 0.3 is 0 Å². The molecule has 8 nitrogen and oxygen atoms in total. The van der Waals surface area contributed by atoms with Crippen molar-refractivity contribution in [3.63, 3.8) is 0 Å². The molecule has 2 aromatic rings. The van der Waals surface area contributed by atoms with Crippen LogP contribution in [0, 0.1) is 6.92 Å². The zero-order chi connectivity index (χ0) is 31.9. The Morgan fingerprint density at radius 2 is 1.86 bits per heavy atom. The second-order valence-electron chi connectivity index (χ2n) is 11.4. The molecule has 1 unspecified atom stereocenters. The summed E-state index contributed by atoms with van der Waals surface area (Å²) in [4.78, 5) is 29.5. The van der Waals surface area contributed by atoms with Gasteiger partial charge in [0, 0.05) is 68.3 Å². The van der Waals surface area contributed by atoms with Crippen LogP contribution in [0.15, 0.2) is 59.6 Å². The number of likely N-dealkylation sites (tertiary alicyclic amines) is 1. The Morgan fingerprint density at radius 3 is 2.48 bits per heavy atom. The number of nitrogens with one attached hydrogen (secondary N) is 1. The lowest BCUT2D eigenvalue weighted by molar-refractivity contribution is -0.126. The highest BCUT2D eigenvalue weighted by Crippen LogP contribution is 2.29. The average molecular weight is 625 g/mol. The highest BCUT2D eigenvalue weighted by atomic mass is 35.5. The van der Waals surface area contributed by atoms with Crippen LogP contribution < -0.4 is 4.90 Å². The highest BCUT2D eigenvalue weighted by Gasteiger charge is 2.32. The molecule has 2 aliphatic heterocycles. The van der Waals surface area contributed by atoms with Crippen LogP contribution in [0.25, 0.3) is 11.4 Å². The number of methoxy groups -OCH3 is 1. The molecule has 1 atom stereocenters. The van der Waals surface area contributed by atoms with E-state index in [0.717, 1.165) is 43.3 Å². The molecule has 0 saturated carbocycles. The molecule has 9 heteroatoms. The van der Waals surface area contributed by atoms with Gasteiger partial charge in [0.1, 0.15) is 11.6 Å². The molecule has 2 saturated heterocycles. The van der Waals surface area contributed by atoms with Crippen molar-refractivity contribution in [2.45, 2.75) is 78.8 Å². The number of hydrogen-bond acceptors (Lipinski definition) is 7. The molecule has 3 aliphatic rings. The summed E-state index contributed by atoms with van der Waals surface area (Å²) in [5.74, 6) is 2.61. The number of H-pyrrole nitrogens is 1. The van der Waals surface area contributed by atoms with Crippen LogP contribution in [0.1, 0.15) is 65.4 Å². The van der Waals surface area contributed by atoms with Crippen molar-refractivity contribution < 1.29 is 9.53 Å². The van der Waals surface area contributed by atoms with Gasteiger partial charge < -0.3 is 14.6 Å². The first-order valence-electron chi connectivity index (χ1n) is 16.3. The Bertz CT molecular complexity index is 1230. The number of allylic oxidation sites excluding steroid dienone is 4. The third-order valence-electron chi connectivity index (χ3n) is 8.66. The Kier molecular flexibility index (Phi) is 15.2. The molecule has 1 N–H and O–H groups in total. The monoisotopic (exact) mass is 624 g/mol. The van der Waals surface area contributed by atoms with E-state index in [9.17, 15) is 0 Å². The molecular formula is C35H53ClN6O2. The normalized spacial score (nSPS) is 20.0. The maximum Gasteiger partial charge on any atom is 0.292 e. The smallest absolute Gasteiger partial charge is 0.292 e. The number of carbonyl (C=O) groups is 1. The summed E-state index contributed by atoms with van der Waals surface area (Å²) in [6.45, 7) is 17.9. The van der Waals surface area contributed by atoms with Crippen molar-refractivity contribution in [1.82, 2.24) is 24.8 Å². The van der Waals surface area contributed by atoms with Crippen LogP contribution in [-0.2, 0) is 9.53 Å². The van der Waals surface area contributed by atoms with Gasteiger partial charge in [-0.3, -0.25) is 14.6 Å². The standard InChI is InChI=1S/C31H43ClN6.C2H4O2.C2H6/c1-4-28-22-37(31-24(3)18-27(20-35-31)30-33-11-12-34-30)13-6-14-38(28)29-9-15-36(16-10-29)21-26-8-5-7-25(19-32)17-23(26)2;1-4-2-3;1-2/h7-8,11-12,17-18,20,28-29H,4-6,9-10,13-16,19,21-22H2,1-3H3,(H,33,34);2H,1H3;1-2H3. The van der Waals surface area contributed by atoms with E-state index >= 15 is 0 Å². The van der Waals surface area contributed by atoms with E-state index in [1.54, 1.807) is 6.20 Å². The topological polar surface area (TPSA) is 77.6 Å². The van der Waals surface area contributed by atoms with Crippen molar-refractivity contribution in [3.05, 3.63) is 65.2 Å². The fourth-order valence-electron chi connectivity index (χ4n) is 6.44. The lowest BCUT2D eigenvalue weighted by atomic mass is 9.98. The predicted octanol–water partition coefficient (Wildman–Crippen LogP) is 6.79. The van der Waals surface area contributed by atoms with Crippen LogP contribution in [0.5, 0.6) is 0 Å². The number of halogens is 1. The van der Waals surface area contributed by atoms with Gasteiger partial charge in [0.05, 0.1) is 7.11 Å². The number of anilines is 1. The SMILES string of the molecule is CC.CCC1CN(c2ncc(-c3ncc[nH]3)cc2C)CCCN1C1CCN(CC2=CCC=C(CCl)C=C2C)CC1.COC=O. The summed E-state index contributed by atoms with van der Waals surface area (Å²) in [7, 11) is 1.31. The number of aryl methyl sites for hydroxylation is 1. The van der Waals surface area contributed by atoms with Gasteiger partial charge in [-0.05, 0) is 87.4 Å². The van der Waals surface area contributed by atoms with E-state index in [2.05, 4.69) is 74.5 Å².